The second-order valence-corrected chi connectivity index (χ2v) is 6.55. The highest BCUT2D eigenvalue weighted by Crippen LogP contribution is 2.28. The lowest BCUT2D eigenvalue weighted by Gasteiger charge is -2.41. The number of hydrogen-bond donors (Lipinski definition) is 1. The van der Waals surface area contributed by atoms with E-state index in [1.165, 1.54) is 0 Å². The van der Waals surface area contributed by atoms with Crippen molar-refractivity contribution in [2.45, 2.75) is 58.8 Å². The molecular weight excluding hydrogens is 238 g/mol. The quantitative estimate of drug-likeness (QED) is 0.842. The van der Waals surface area contributed by atoms with Gasteiger partial charge in [-0.1, -0.05) is 27.2 Å². The molecule has 2 heterocycles. The van der Waals surface area contributed by atoms with Crippen LogP contribution in [0.15, 0.2) is 0 Å². The number of piperidine rings is 1. The summed E-state index contributed by atoms with van der Waals surface area (Å²) in [6.07, 6.45) is 2.33. The van der Waals surface area contributed by atoms with Crippen molar-refractivity contribution in [1.29, 1.82) is 0 Å². The van der Waals surface area contributed by atoms with Gasteiger partial charge in [0.2, 0.25) is 5.91 Å². The topological polar surface area (TPSA) is 35.6 Å². The monoisotopic (exact) mass is 267 g/mol. The Morgan fingerprint density at radius 1 is 1.42 bits per heavy atom. The van der Waals surface area contributed by atoms with Crippen LogP contribution in [0, 0.1) is 11.8 Å². The van der Waals surface area contributed by atoms with E-state index in [4.69, 9.17) is 0 Å². The van der Waals surface area contributed by atoms with Gasteiger partial charge in [-0.25, -0.2) is 0 Å². The van der Waals surface area contributed by atoms with Crippen LogP contribution in [0.3, 0.4) is 0 Å². The lowest BCUT2D eigenvalue weighted by Crippen LogP contribution is -2.52. The molecular formula is C15H29N3O. The molecule has 0 aromatic heterocycles. The number of amides is 1. The van der Waals surface area contributed by atoms with E-state index in [-0.39, 0.29) is 12.2 Å². The minimum Gasteiger partial charge on any atom is -0.323 e. The van der Waals surface area contributed by atoms with Crippen molar-refractivity contribution in [1.82, 2.24) is 15.1 Å². The molecule has 0 aromatic carbocycles. The third kappa shape index (κ3) is 2.79. The standard InChI is InChI=1S/C15H29N3O/c1-6-10(2)14-15(19)18(12(4)16-14)13-7-8-17(5)9-11(13)3/h10-14,16H,6-9H2,1-5H3. The van der Waals surface area contributed by atoms with Crippen LogP contribution in [-0.4, -0.2) is 54.1 Å². The normalized spacial score (nSPS) is 38.8. The van der Waals surface area contributed by atoms with Crippen LogP contribution in [0.2, 0.25) is 0 Å². The number of carbonyl (C=O) groups excluding carboxylic acids is 1. The van der Waals surface area contributed by atoms with E-state index in [0.29, 0.717) is 23.8 Å². The summed E-state index contributed by atoms with van der Waals surface area (Å²) in [5.41, 5.74) is 0. The SMILES string of the molecule is CCC(C)C1NC(C)N(C2CCN(C)CC2C)C1=O. The molecule has 4 heteroatoms. The van der Waals surface area contributed by atoms with Crippen LogP contribution in [0.25, 0.3) is 0 Å². The summed E-state index contributed by atoms with van der Waals surface area (Å²) in [5, 5.41) is 3.50. The molecule has 1 amide bonds. The molecule has 2 saturated heterocycles. The van der Waals surface area contributed by atoms with Gasteiger partial charge in [-0.05, 0) is 38.8 Å². The maximum atomic E-state index is 12.7. The molecule has 2 aliphatic rings. The molecule has 110 valence electrons. The molecule has 19 heavy (non-hydrogen) atoms. The number of rotatable bonds is 3. The van der Waals surface area contributed by atoms with Gasteiger partial charge in [0.15, 0.2) is 0 Å². The van der Waals surface area contributed by atoms with Crippen LogP contribution in [0.4, 0.5) is 0 Å². The van der Waals surface area contributed by atoms with E-state index in [1.807, 2.05) is 0 Å². The lowest BCUT2D eigenvalue weighted by molar-refractivity contribution is -0.135. The minimum absolute atomic E-state index is 0.0202. The van der Waals surface area contributed by atoms with Gasteiger partial charge in [0, 0.05) is 12.6 Å². The number of nitrogens with one attached hydrogen (secondary N) is 1. The van der Waals surface area contributed by atoms with Crippen molar-refractivity contribution in [3.63, 3.8) is 0 Å². The summed E-state index contributed by atoms with van der Waals surface area (Å²) in [6, 6.07) is 0.423. The van der Waals surface area contributed by atoms with Crippen LogP contribution in [0.5, 0.6) is 0 Å². The maximum absolute atomic E-state index is 12.7. The van der Waals surface area contributed by atoms with Crippen molar-refractivity contribution in [2.24, 2.45) is 11.8 Å². The van der Waals surface area contributed by atoms with Gasteiger partial charge in [-0.2, -0.15) is 0 Å². The van der Waals surface area contributed by atoms with Gasteiger partial charge in [-0.15, -0.1) is 0 Å². The molecule has 1 N–H and O–H groups in total. The molecule has 2 fully saturated rings. The third-order valence-corrected chi connectivity index (χ3v) is 4.99. The van der Waals surface area contributed by atoms with Crippen molar-refractivity contribution < 1.29 is 4.79 Å². The summed E-state index contributed by atoms with van der Waals surface area (Å²) >= 11 is 0. The molecule has 0 aliphatic carbocycles. The zero-order chi connectivity index (χ0) is 14.2. The van der Waals surface area contributed by atoms with Crippen molar-refractivity contribution in [3.8, 4) is 0 Å². The fraction of sp³-hybridized carbons (Fsp3) is 0.933. The van der Waals surface area contributed by atoms with Gasteiger partial charge in [0.25, 0.3) is 0 Å². The van der Waals surface area contributed by atoms with Crippen molar-refractivity contribution >= 4 is 5.91 Å². The molecule has 0 spiro atoms. The summed E-state index contributed by atoms with van der Waals surface area (Å²) in [4.78, 5) is 17.2. The second-order valence-electron chi connectivity index (χ2n) is 6.55. The molecule has 2 aliphatic heterocycles. The van der Waals surface area contributed by atoms with Gasteiger partial charge in [0.05, 0.1) is 12.2 Å². The zero-order valence-electron chi connectivity index (χ0n) is 13.0. The predicted molar refractivity (Wildman–Crippen MR) is 77.8 cm³/mol. The largest absolute Gasteiger partial charge is 0.323 e. The molecule has 5 unspecified atom stereocenters. The third-order valence-electron chi connectivity index (χ3n) is 4.99. The summed E-state index contributed by atoms with van der Waals surface area (Å²) in [7, 11) is 2.17. The molecule has 5 atom stereocenters. The number of hydrogen-bond acceptors (Lipinski definition) is 3. The highest BCUT2D eigenvalue weighted by atomic mass is 16.2. The Kier molecular flexibility index (Phi) is 4.51. The molecule has 2 rings (SSSR count). The van der Waals surface area contributed by atoms with E-state index in [0.717, 1.165) is 25.9 Å². The smallest absolute Gasteiger partial charge is 0.241 e. The Bertz CT molecular complexity index is 333. The van der Waals surface area contributed by atoms with E-state index in [9.17, 15) is 4.79 Å². The Morgan fingerprint density at radius 3 is 2.68 bits per heavy atom. The zero-order valence-corrected chi connectivity index (χ0v) is 13.0. The fourth-order valence-corrected chi connectivity index (χ4v) is 3.61. The van der Waals surface area contributed by atoms with E-state index >= 15 is 0 Å². The molecule has 0 aromatic rings. The van der Waals surface area contributed by atoms with E-state index in [1.54, 1.807) is 0 Å². The minimum atomic E-state index is 0.0202. The molecule has 0 radical (unpaired) electrons. The Morgan fingerprint density at radius 2 is 2.11 bits per heavy atom. The van der Waals surface area contributed by atoms with Gasteiger partial charge >= 0.3 is 0 Å². The number of carbonyl (C=O) groups is 1. The van der Waals surface area contributed by atoms with Crippen molar-refractivity contribution in [3.05, 3.63) is 0 Å². The number of likely N-dealkylation sites (tertiary alicyclic amines) is 1. The Labute approximate surface area is 117 Å². The Hall–Kier alpha value is -0.610. The molecule has 4 nitrogen and oxygen atoms in total. The van der Waals surface area contributed by atoms with E-state index in [2.05, 4.69) is 49.9 Å². The van der Waals surface area contributed by atoms with Crippen molar-refractivity contribution in [2.75, 3.05) is 20.1 Å². The summed E-state index contributed by atoms with van der Waals surface area (Å²) < 4.78 is 0. The van der Waals surface area contributed by atoms with Gasteiger partial charge in [-0.3, -0.25) is 10.1 Å². The summed E-state index contributed by atoms with van der Waals surface area (Å²) in [6.45, 7) is 10.9. The average molecular weight is 267 g/mol. The maximum Gasteiger partial charge on any atom is 0.241 e. The predicted octanol–water partition coefficient (Wildman–Crippen LogP) is 1.52. The Balaban J connectivity index is 2.09. The van der Waals surface area contributed by atoms with Gasteiger partial charge < -0.3 is 9.80 Å². The van der Waals surface area contributed by atoms with Crippen LogP contribution < -0.4 is 5.32 Å². The number of nitrogens with zero attached hydrogens (tertiary/aromatic N) is 2. The molecule has 0 saturated carbocycles. The van der Waals surface area contributed by atoms with E-state index < -0.39 is 0 Å². The highest BCUT2D eigenvalue weighted by Gasteiger charge is 2.44. The first-order valence-corrected chi connectivity index (χ1v) is 7.72. The summed E-state index contributed by atoms with van der Waals surface area (Å²) in [5.74, 6) is 1.30. The fourth-order valence-electron chi connectivity index (χ4n) is 3.61. The average Bonchev–Trinajstić information content (AvgIpc) is 2.65. The van der Waals surface area contributed by atoms with Crippen LogP contribution in [0.1, 0.15) is 40.5 Å². The van der Waals surface area contributed by atoms with Crippen LogP contribution in [-0.2, 0) is 4.79 Å². The molecule has 0 bridgehead atoms. The highest BCUT2D eigenvalue weighted by molar-refractivity contribution is 5.85. The van der Waals surface area contributed by atoms with Gasteiger partial charge in [0.1, 0.15) is 0 Å². The first-order valence-electron chi connectivity index (χ1n) is 7.72. The van der Waals surface area contributed by atoms with Crippen LogP contribution >= 0.6 is 0 Å². The second kappa shape index (κ2) is 5.80. The first kappa shape index (κ1) is 14.8. The first-order chi connectivity index (χ1) is 8.95. The lowest BCUT2D eigenvalue weighted by atomic mass is 9.91.